The highest BCUT2D eigenvalue weighted by Crippen LogP contribution is 2.29. The number of rotatable bonds is 3. The summed E-state index contributed by atoms with van der Waals surface area (Å²) < 4.78 is 1.14. The second-order valence-electron chi connectivity index (χ2n) is 4.80. The Morgan fingerprint density at radius 2 is 1.90 bits per heavy atom. The summed E-state index contributed by atoms with van der Waals surface area (Å²) in [6.45, 7) is 1.49. The van der Waals surface area contributed by atoms with Gasteiger partial charge < -0.3 is 11.1 Å². The fourth-order valence-corrected chi connectivity index (χ4v) is 3.14. The molecule has 0 bridgehead atoms. The number of hydrogen-bond donors (Lipinski definition) is 2. The van der Waals surface area contributed by atoms with Gasteiger partial charge in [-0.25, -0.2) is 4.98 Å². The molecular formula is C16H15N3OS. The van der Waals surface area contributed by atoms with Crippen LogP contribution in [0, 0.1) is 0 Å². The van der Waals surface area contributed by atoms with Crippen molar-refractivity contribution in [1.29, 1.82) is 0 Å². The smallest absolute Gasteiger partial charge is 0.221 e. The molecule has 1 unspecified atom stereocenters. The predicted octanol–water partition coefficient (Wildman–Crippen LogP) is 3.30. The molecule has 1 amide bonds. The van der Waals surface area contributed by atoms with Gasteiger partial charge in [0, 0.05) is 12.6 Å². The van der Waals surface area contributed by atoms with Gasteiger partial charge in [-0.1, -0.05) is 24.3 Å². The van der Waals surface area contributed by atoms with Crippen molar-refractivity contribution in [2.24, 2.45) is 5.73 Å². The molecule has 21 heavy (non-hydrogen) atoms. The maximum atomic E-state index is 11.0. The summed E-state index contributed by atoms with van der Waals surface area (Å²) in [7, 11) is 0. The lowest BCUT2D eigenvalue weighted by Gasteiger charge is -2.10. The second-order valence-corrected chi connectivity index (χ2v) is 5.86. The van der Waals surface area contributed by atoms with E-state index in [1.54, 1.807) is 11.3 Å². The van der Waals surface area contributed by atoms with Gasteiger partial charge in [-0.15, -0.1) is 11.3 Å². The lowest BCUT2D eigenvalue weighted by Crippen LogP contribution is -2.12. The summed E-state index contributed by atoms with van der Waals surface area (Å²) in [6.07, 6.45) is 0. The van der Waals surface area contributed by atoms with E-state index in [0.29, 0.717) is 0 Å². The molecule has 0 fully saturated rings. The normalized spacial score (nSPS) is 12.3. The van der Waals surface area contributed by atoms with E-state index < -0.39 is 0 Å². The van der Waals surface area contributed by atoms with Crippen molar-refractivity contribution in [1.82, 2.24) is 4.98 Å². The third-order valence-corrected chi connectivity index (χ3v) is 4.29. The third kappa shape index (κ3) is 2.94. The minimum Gasteiger partial charge on any atom is -0.326 e. The SMILES string of the molecule is CC(=O)Nc1ccc(C(N)c2nc3ccccc3s2)cc1. The van der Waals surface area contributed by atoms with E-state index in [1.807, 2.05) is 48.5 Å². The first-order chi connectivity index (χ1) is 10.1. The van der Waals surface area contributed by atoms with Crippen molar-refractivity contribution in [3.8, 4) is 0 Å². The highest BCUT2D eigenvalue weighted by Gasteiger charge is 2.14. The number of para-hydroxylation sites is 1. The number of nitrogens with zero attached hydrogens (tertiary/aromatic N) is 1. The van der Waals surface area contributed by atoms with Crippen LogP contribution in [0.15, 0.2) is 48.5 Å². The first-order valence-electron chi connectivity index (χ1n) is 6.62. The Bertz CT molecular complexity index is 747. The van der Waals surface area contributed by atoms with Crippen molar-refractivity contribution in [3.05, 3.63) is 59.1 Å². The molecule has 4 nitrogen and oxygen atoms in total. The zero-order valence-corrected chi connectivity index (χ0v) is 12.4. The van der Waals surface area contributed by atoms with Gasteiger partial charge >= 0.3 is 0 Å². The summed E-state index contributed by atoms with van der Waals surface area (Å²) in [4.78, 5) is 15.6. The molecule has 3 rings (SSSR count). The number of amides is 1. The predicted molar refractivity (Wildman–Crippen MR) is 86.4 cm³/mol. The van der Waals surface area contributed by atoms with Gasteiger partial charge in [-0.2, -0.15) is 0 Å². The highest BCUT2D eigenvalue weighted by molar-refractivity contribution is 7.18. The van der Waals surface area contributed by atoms with Crippen LogP contribution in [-0.4, -0.2) is 10.9 Å². The molecule has 0 radical (unpaired) electrons. The number of carbonyl (C=O) groups excluding carboxylic acids is 1. The molecule has 0 saturated carbocycles. The van der Waals surface area contributed by atoms with Gasteiger partial charge in [0.15, 0.2) is 0 Å². The summed E-state index contributed by atoms with van der Waals surface area (Å²) >= 11 is 1.61. The lowest BCUT2D eigenvalue weighted by atomic mass is 10.1. The number of nitrogens with one attached hydrogen (secondary N) is 1. The molecular weight excluding hydrogens is 282 g/mol. The van der Waals surface area contributed by atoms with Gasteiger partial charge in [0.05, 0.1) is 16.3 Å². The molecule has 0 spiro atoms. The number of aromatic nitrogens is 1. The molecule has 1 aromatic heterocycles. The van der Waals surface area contributed by atoms with E-state index in [2.05, 4.69) is 10.3 Å². The van der Waals surface area contributed by atoms with Crippen molar-refractivity contribution < 1.29 is 4.79 Å². The standard InChI is InChI=1S/C16H15N3OS/c1-10(20)18-12-8-6-11(7-9-12)15(17)16-19-13-4-2-3-5-14(13)21-16/h2-9,15H,17H2,1H3,(H,18,20). The van der Waals surface area contributed by atoms with Crippen molar-refractivity contribution >= 4 is 33.1 Å². The number of thiazole rings is 1. The largest absolute Gasteiger partial charge is 0.326 e. The number of hydrogen-bond acceptors (Lipinski definition) is 4. The van der Waals surface area contributed by atoms with E-state index in [1.165, 1.54) is 6.92 Å². The number of carbonyl (C=O) groups is 1. The Labute approximate surface area is 126 Å². The van der Waals surface area contributed by atoms with Crippen molar-refractivity contribution in [2.75, 3.05) is 5.32 Å². The maximum absolute atomic E-state index is 11.0. The molecule has 1 atom stereocenters. The average Bonchev–Trinajstić information content (AvgIpc) is 2.90. The Morgan fingerprint density at radius 1 is 1.19 bits per heavy atom. The molecule has 1 heterocycles. The highest BCUT2D eigenvalue weighted by atomic mass is 32.1. The molecule has 3 aromatic rings. The fraction of sp³-hybridized carbons (Fsp3) is 0.125. The number of nitrogens with two attached hydrogens (primary N) is 1. The van der Waals surface area contributed by atoms with E-state index in [4.69, 9.17) is 5.73 Å². The minimum atomic E-state index is -0.256. The summed E-state index contributed by atoms with van der Waals surface area (Å²) in [5.41, 5.74) is 9.01. The molecule has 2 aromatic carbocycles. The van der Waals surface area contributed by atoms with Gasteiger partial charge in [-0.3, -0.25) is 4.79 Å². The van der Waals surface area contributed by atoms with Crippen LogP contribution in [0.3, 0.4) is 0 Å². The van der Waals surface area contributed by atoms with E-state index >= 15 is 0 Å². The van der Waals surface area contributed by atoms with Gasteiger partial charge in [0.2, 0.25) is 5.91 Å². The first-order valence-corrected chi connectivity index (χ1v) is 7.44. The molecule has 0 saturated heterocycles. The van der Waals surface area contributed by atoms with Crippen LogP contribution in [-0.2, 0) is 4.79 Å². The van der Waals surface area contributed by atoms with Gasteiger partial charge in [-0.05, 0) is 29.8 Å². The zero-order chi connectivity index (χ0) is 14.8. The third-order valence-electron chi connectivity index (χ3n) is 3.17. The fourth-order valence-electron chi connectivity index (χ4n) is 2.14. The average molecular weight is 297 g/mol. The van der Waals surface area contributed by atoms with E-state index in [-0.39, 0.29) is 11.9 Å². The summed E-state index contributed by atoms with van der Waals surface area (Å²) in [5.74, 6) is -0.0850. The van der Waals surface area contributed by atoms with Crippen LogP contribution in [0.25, 0.3) is 10.2 Å². The molecule has 0 aliphatic heterocycles. The molecule has 0 aliphatic rings. The topological polar surface area (TPSA) is 68.0 Å². The van der Waals surface area contributed by atoms with Crippen molar-refractivity contribution in [3.63, 3.8) is 0 Å². The van der Waals surface area contributed by atoms with Gasteiger partial charge in [0.25, 0.3) is 0 Å². The Hall–Kier alpha value is -2.24. The quantitative estimate of drug-likeness (QED) is 0.779. The van der Waals surface area contributed by atoms with Crippen LogP contribution < -0.4 is 11.1 Å². The minimum absolute atomic E-state index is 0.0850. The molecule has 106 valence electrons. The molecule has 5 heteroatoms. The number of fused-ring (bicyclic) bond motifs is 1. The van der Waals surface area contributed by atoms with Crippen LogP contribution in [0.1, 0.15) is 23.5 Å². The van der Waals surface area contributed by atoms with E-state index in [0.717, 1.165) is 26.5 Å². The Balaban J connectivity index is 1.87. The zero-order valence-electron chi connectivity index (χ0n) is 11.5. The molecule has 3 N–H and O–H groups in total. The molecule has 0 aliphatic carbocycles. The van der Waals surface area contributed by atoms with Gasteiger partial charge in [0.1, 0.15) is 5.01 Å². The number of anilines is 1. The van der Waals surface area contributed by atoms with Crippen LogP contribution in [0.5, 0.6) is 0 Å². The lowest BCUT2D eigenvalue weighted by molar-refractivity contribution is -0.114. The first kappa shape index (κ1) is 13.7. The monoisotopic (exact) mass is 297 g/mol. The summed E-state index contributed by atoms with van der Waals surface area (Å²) in [6, 6.07) is 15.3. The number of benzene rings is 2. The Kier molecular flexibility index (Phi) is 3.68. The van der Waals surface area contributed by atoms with Crippen LogP contribution in [0.2, 0.25) is 0 Å². The Morgan fingerprint density at radius 3 is 2.57 bits per heavy atom. The maximum Gasteiger partial charge on any atom is 0.221 e. The summed E-state index contributed by atoms with van der Waals surface area (Å²) in [5, 5.41) is 3.63. The van der Waals surface area contributed by atoms with Crippen LogP contribution >= 0.6 is 11.3 Å². The van der Waals surface area contributed by atoms with Crippen molar-refractivity contribution in [2.45, 2.75) is 13.0 Å². The van der Waals surface area contributed by atoms with Crippen LogP contribution in [0.4, 0.5) is 5.69 Å². The second kappa shape index (κ2) is 5.63. The van der Waals surface area contributed by atoms with E-state index in [9.17, 15) is 4.79 Å².